The summed E-state index contributed by atoms with van der Waals surface area (Å²) in [5.74, 6) is 0.127. The summed E-state index contributed by atoms with van der Waals surface area (Å²) >= 11 is 4.35. The molecule has 0 amide bonds. The Hall–Kier alpha value is 0.487. The highest BCUT2D eigenvalue weighted by molar-refractivity contribution is 7.80. The van der Waals surface area contributed by atoms with Crippen LogP contribution in [-0.2, 0) is 9.47 Å². The van der Waals surface area contributed by atoms with Crippen LogP contribution in [0.5, 0.6) is 0 Å². The van der Waals surface area contributed by atoms with E-state index in [0.29, 0.717) is 5.25 Å². The second-order valence-electron chi connectivity index (χ2n) is 3.12. The van der Waals surface area contributed by atoms with Crippen molar-refractivity contribution in [1.82, 2.24) is 0 Å². The van der Waals surface area contributed by atoms with Crippen molar-refractivity contribution in [2.24, 2.45) is 0 Å². The summed E-state index contributed by atoms with van der Waals surface area (Å²) in [7, 11) is -0.233. The van der Waals surface area contributed by atoms with E-state index in [1.165, 1.54) is 12.5 Å². The van der Waals surface area contributed by atoms with Gasteiger partial charge in [-0.1, -0.05) is 13.0 Å². The molecule has 2 nitrogen and oxygen atoms in total. The van der Waals surface area contributed by atoms with E-state index < -0.39 is 0 Å². The van der Waals surface area contributed by atoms with Gasteiger partial charge in [0, 0.05) is 13.2 Å². The lowest BCUT2D eigenvalue weighted by Gasteiger charge is -2.16. The Morgan fingerprint density at radius 1 is 1.23 bits per heavy atom. The average molecular weight is 222 g/mol. The van der Waals surface area contributed by atoms with Crippen LogP contribution in [0.1, 0.15) is 27.2 Å². The summed E-state index contributed by atoms with van der Waals surface area (Å²) in [5, 5.41) is 0.511. The third-order valence-corrected chi connectivity index (χ3v) is 3.78. The second kappa shape index (κ2) is 9.06. The molecule has 0 saturated carbocycles. The van der Waals surface area contributed by atoms with Crippen LogP contribution in [-0.4, -0.2) is 33.9 Å². The first-order valence-electron chi connectivity index (χ1n) is 5.12. The number of hydrogen-bond donors (Lipinski definition) is 1. The largest absolute Gasteiger partial charge is 0.357 e. The van der Waals surface area contributed by atoms with E-state index in [9.17, 15) is 0 Å². The molecular formula is C9H22O2SSi. The van der Waals surface area contributed by atoms with Crippen LogP contribution in [0.3, 0.4) is 0 Å². The lowest BCUT2D eigenvalue weighted by molar-refractivity contribution is -0.0827. The maximum atomic E-state index is 5.48. The Morgan fingerprint density at radius 3 is 2.15 bits per heavy atom. The van der Waals surface area contributed by atoms with E-state index in [2.05, 4.69) is 19.6 Å². The Balaban J connectivity index is 3.44. The molecule has 0 rings (SSSR count). The molecule has 0 aromatic carbocycles. The molecule has 13 heavy (non-hydrogen) atoms. The van der Waals surface area contributed by atoms with Gasteiger partial charge in [0.15, 0.2) is 0 Å². The molecule has 0 radical (unpaired) electrons. The smallest absolute Gasteiger partial charge is 0.134 e. The third-order valence-electron chi connectivity index (χ3n) is 1.77. The number of thiol groups is 1. The van der Waals surface area contributed by atoms with Crippen molar-refractivity contribution in [3.8, 4) is 0 Å². The van der Waals surface area contributed by atoms with E-state index in [1.54, 1.807) is 0 Å². The number of rotatable bonds is 8. The first kappa shape index (κ1) is 13.5. The van der Waals surface area contributed by atoms with Gasteiger partial charge < -0.3 is 9.47 Å². The molecule has 1 unspecified atom stereocenters. The minimum absolute atomic E-state index is 0.127. The molecule has 0 spiro atoms. The van der Waals surface area contributed by atoms with Gasteiger partial charge in [-0.3, -0.25) is 0 Å². The van der Waals surface area contributed by atoms with E-state index in [4.69, 9.17) is 9.47 Å². The molecule has 0 bridgehead atoms. The van der Waals surface area contributed by atoms with Crippen molar-refractivity contribution in [1.29, 1.82) is 0 Å². The number of ether oxygens (including phenoxy) is 2. The number of hydrogen-bond acceptors (Lipinski definition) is 3. The fourth-order valence-corrected chi connectivity index (χ4v) is 3.68. The Morgan fingerprint density at radius 2 is 1.77 bits per heavy atom. The summed E-state index contributed by atoms with van der Waals surface area (Å²) in [6.45, 7) is 7.68. The van der Waals surface area contributed by atoms with E-state index in [1.807, 2.05) is 13.8 Å². The zero-order valence-corrected chi connectivity index (χ0v) is 11.3. The fourth-order valence-electron chi connectivity index (χ4n) is 1.17. The van der Waals surface area contributed by atoms with Gasteiger partial charge in [0.25, 0.3) is 0 Å². The van der Waals surface area contributed by atoms with Crippen molar-refractivity contribution in [2.45, 2.75) is 44.4 Å². The third kappa shape index (κ3) is 8.81. The van der Waals surface area contributed by atoms with Crippen molar-refractivity contribution < 1.29 is 9.47 Å². The van der Waals surface area contributed by atoms with Crippen molar-refractivity contribution in [2.75, 3.05) is 13.2 Å². The first-order chi connectivity index (χ1) is 6.20. The summed E-state index contributed by atoms with van der Waals surface area (Å²) in [4.78, 5) is 0. The Labute approximate surface area is 89.6 Å². The van der Waals surface area contributed by atoms with Gasteiger partial charge in [-0.05, 0) is 25.5 Å². The Bertz CT molecular complexity index is 106. The average Bonchev–Trinajstić information content (AvgIpc) is 2.04. The summed E-state index contributed by atoms with van der Waals surface area (Å²) in [5.41, 5.74) is 0. The van der Waals surface area contributed by atoms with Crippen LogP contribution in [0.4, 0.5) is 0 Å². The summed E-state index contributed by atoms with van der Waals surface area (Å²) in [6, 6.07) is 1.26. The van der Waals surface area contributed by atoms with E-state index in [-0.39, 0.29) is 15.4 Å². The molecule has 80 valence electrons. The van der Waals surface area contributed by atoms with Crippen molar-refractivity contribution in [3.05, 3.63) is 0 Å². The van der Waals surface area contributed by atoms with Crippen molar-refractivity contribution in [3.63, 3.8) is 0 Å². The monoisotopic (exact) mass is 222 g/mol. The normalized spacial score (nSPS) is 14.5. The van der Waals surface area contributed by atoms with Crippen LogP contribution in [0.15, 0.2) is 0 Å². The van der Waals surface area contributed by atoms with Crippen LogP contribution < -0.4 is 0 Å². The van der Waals surface area contributed by atoms with Crippen LogP contribution >= 0.6 is 12.6 Å². The molecule has 0 heterocycles. The topological polar surface area (TPSA) is 18.5 Å². The quantitative estimate of drug-likeness (QED) is 0.382. The maximum Gasteiger partial charge on any atom is 0.134 e. The molecule has 0 N–H and O–H groups in total. The highest BCUT2D eigenvalue weighted by Crippen LogP contribution is 2.05. The molecule has 1 atom stereocenters. The Kier molecular flexibility index (Phi) is 9.40. The predicted molar refractivity (Wildman–Crippen MR) is 63.5 cm³/mol. The molecule has 0 aromatic heterocycles. The van der Waals surface area contributed by atoms with E-state index in [0.717, 1.165) is 13.2 Å². The van der Waals surface area contributed by atoms with Crippen molar-refractivity contribution >= 4 is 22.1 Å². The highest BCUT2D eigenvalue weighted by Gasteiger charge is 2.08. The zero-order chi connectivity index (χ0) is 10.1. The molecular weight excluding hydrogens is 200 g/mol. The van der Waals surface area contributed by atoms with Gasteiger partial charge in [-0.25, -0.2) is 0 Å². The molecule has 0 aliphatic carbocycles. The molecule has 4 heteroatoms. The predicted octanol–water partition coefficient (Wildman–Crippen LogP) is 1.64. The zero-order valence-electron chi connectivity index (χ0n) is 8.95. The molecule has 0 aliphatic heterocycles. The van der Waals surface area contributed by atoms with Gasteiger partial charge in [-0.15, -0.1) is 0 Å². The standard InChI is InChI=1S/C9H22O2SSi/c1-4-10-9(11-5-2)13-7-6-8(3)12/h8-9,12H,4-7,13H2,1-3H3. The highest BCUT2D eigenvalue weighted by atomic mass is 32.1. The van der Waals surface area contributed by atoms with Gasteiger partial charge in [0.05, 0.1) is 9.52 Å². The van der Waals surface area contributed by atoms with Crippen LogP contribution in [0.2, 0.25) is 6.04 Å². The van der Waals surface area contributed by atoms with Gasteiger partial charge in [-0.2, -0.15) is 12.6 Å². The lowest BCUT2D eigenvalue weighted by atomic mass is 10.4. The summed E-state index contributed by atoms with van der Waals surface area (Å²) in [6.07, 6.45) is 1.19. The molecule has 0 aromatic rings. The first-order valence-corrected chi connectivity index (χ1v) is 7.45. The minimum Gasteiger partial charge on any atom is -0.357 e. The molecule has 0 fully saturated rings. The minimum atomic E-state index is -0.233. The van der Waals surface area contributed by atoms with Gasteiger partial charge in [0.1, 0.15) is 5.91 Å². The van der Waals surface area contributed by atoms with Gasteiger partial charge in [0.2, 0.25) is 0 Å². The van der Waals surface area contributed by atoms with Gasteiger partial charge >= 0.3 is 0 Å². The van der Waals surface area contributed by atoms with Crippen LogP contribution in [0.25, 0.3) is 0 Å². The van der Waals surface area contributed by atoms with E-state index >= 15 is 0 Å². The fraction of sp³-hybridized carbons (Fsp3) is 1.00. The summed E-state index contributed by atoms with van der Waals surface area (Å²) < 4.78 is 11.0. The van der Waals surface area contributed by atoms with Crippen LogP contribution in [0, 0.1) is 0 Å². The lowest BCUT2D eigenvalue weighted by Crippen LogP contribution is -2.24. The SMILES string of the molecule is CCOC(OCC)[SiH2]CCC(C)S. The molecule has 0 saturated heterocycles. The maximum absolute atomic E-state index is 5.48. The second-order valence-corrected chi connectivity index (χ2v) is 5.95. The molecule has 0 aliphatic rings.